The number of aryl methyl sites for hydroxylation is 1. The van der Waals surface area contributed by atoms with Crippen molar-refractivity contribution in [1.29, 1.82) is 0 Å². The van der Waals surface area contributed by atoms with Crippen LogP contribution in [0, 0.1) is 6.92 Å². The number of nitrogens with one attached hydrogen (secondary N) is 1. The van der Waals surface area contributed by atoms with Crippen molar-refractivity contribution in [2.24, 2.45) is 0 Å². The van der Waals surface area contributed by atoms with Crippen LogP contribution in [0.1, 0.15) is 5.82 Å². The van der Waals surface area contributed by atoms with Crippen LogP contribution in [0.3, 0.4) is 0 Å². The number of rotatable bonds is 2. The van der Waals surface area contributed by atoms with Gasteiger partial charge in [0.15, 0.2) is 0 Å². The molecule has 3 heteroatoms. The summed E-state index contributed by atoms with van der Waals surface area (Å²) in [6.07, 6.45) is 0. The number of aromatic nitrogens is 2. The average molecular weight is 188 g/mol. The molecule has 1 aromatic heterocycles. The number of ether oxygens (including phenoxy) is 1. The van der Waals surface area contributed by atoms with Crippen molar-refractivity contribution in [2.75, 3.05) is 7.11 Å². The van der Waals surface area contributed by atoms with Crippen LogP contribution < -0.4 is 4.74 Å². The number of H-pyrrole nitrogens is 1. The lowest BCUT2D eigenvalue weighted by atomic mass is 10.2. The highest BCUT2D eigenvalue weighted by molar-refractivity contribution is 5.64. The van der Waals surface area contributed by atoms with Crippen LogP contribution in [0.15, 0.2) is 30.3 Å². The Bertz CT molecular complexity index is 420. The largest absolute Gasteiger partial charge is 0.479 e. The van der Waals surface area contributed by atoms with E-state index in [0.29, 0.717) is 5.88 Å². The van der Waals surface area contributed by atoms with Gasteiger partial charge in [0, 0.05) is 5.56 Å². The molecule has 1 aromatic carbocycles. The number of aromatic amines is 1. The van der Waals surface area contributed by atoms with E-state index in [-0.39, 0.29) is 0 Å². The fourth-order valence-electron chi connectivity index (χ4n) is 1.42. The van der Waals surface area contributed by atoms with E-state index in [4.69, 9.17) is 4.74 Å². The maximum absolute atomic E-state index is 5.18. The summed E-state index contributed by atoms with van der Waals surface area (Å²) in [4.78, 5) is 7.40. The van der Waals surface area contributed by atoms with Gasteiger partial charge >= 0.3 is 0 Å². The molecule has 0 aliphatic rings. The molecule has 0 atom stereocenters. The minimum absolute atomic E-state index is 0.647. The van der Waals surface area contributed by atoms with Crippen LogP contribution in [0.5, 0.6) is 5.88 Å². The number of hydrogen-bond acceptors (Lipinski definition) is 2. The Morgan fingerprint density at radius 3 is 2.57 bits per heavy atom. The Morgan fingerprint density at radius 2 is 1.93 bits per heavy atom. The first-order valence-corrected chi connectivity index (χ1v) is 4.47. The molecular weight excluding hydrogens is 176 g/mol. The molecule has 0 saturated heterocycles. The zero-order valence-corrected chi connectivity index (χ0v) is 8.24. The maximum Gasteiger partial charge on any atom is 0.239 e. The quantitative estimate of drug-likeness (QED) is 0.785. The third-order valence-electron chi connectivity index (χ3n) is 2.04. The fraction of sp³-hybridized carbons (Fsp3) is 0.182. The van der Waals surface area contributed by atoms with E-state index in [2.05, 4.69) is 9.97 Å². The predicted molar refractivity (Wildman–Crippen MR) is 55.3 cm³/mol. The first kappa shape index (κ1) is 8.81. The third kappa shape index (κ3) is 1.48. The molecule has 0 fully saturated rings. The molecule has 0 saturated carbocycles. The van der Waals surface area contributed by atoms with Crippen LogP contribution in [-0.2, 0) is 0 Å². The molecule has 0 aliphatic carbocycles. The smallest absolute Gasteiger partial charge is 0.239 e. The zero-order chi connectivity index (χ0) is 9.97. The van der Waals surface area contributed by atoms with Gasteiger partial charge in [0.1, 0.15) is 11.5 Å². The Balaban J connectivity index is 2.51. The molecule has 0 radical (unpaired) electrons. The second kappa shape index (κ2) is 3.54. The molecule has 0 unspecified atom stereocenters. The predicted octanol–water partition coefficient (Wildman–Crippen LogP) is 2.39. The van der Waals surface area contributed by atoms with Crippen molar-refractivity contribution in [3.63, 3.8) is 0 Å². The number of imidazole rings is 1. The summed E-state index contributed by atoms with van der Waals surface area (Å²) in [6.45, 7) is 1.91. The normalized spacial score (nSPS) is 10.1. The van der Waals surface area contributed by atoms with E-state index in [0.717, 1.165) is 17.1 Å². The van der Waals surface area contributed by atoms with Gasteiger partial charge in [-0.15, -0.1) is 0 Å². The summed E-state index contributed by atoms with van der Waals surface area (Å²) >= 11 is 0. The minimum atomic E-state index is 0.647. The van der Waals surface area contributed by atoms with Crippen molar-refractivity contribution < 1.29 is 4.74 Å². The Kier molecular flexibility index (Phi) is 2.23. The highest BCUT2D eigenvalue weighted by Gasteiger charge is 2.09. The van der Waals surface area contributed by atoms with Crippen LogP contribution in [-0.4, -0.2) is 17.1 Å². The van der Waals surface area contributed by atoms with E-state index < -0.39 is 0 Å². The van der Waals surface area contributed by atoms with Gasteiger partial charge < -0.3 is 9.72 Å². The fourth-order valence-corrected chi connectivity index (χ4v) is 1.42. The summed E-state index contributed by atoms with van der Waals surface area (Å²) in [5.41, 5.74) is 2.02. The lowest BCUT2D eigenvalue weighted by Crippen LogP contribution is -1.85. The highest BCUT2D eigenvalue weighted by atomic mass is 16.5. The molecule has 1 N–H and O–H groups in total. The van der Waals surface area contributed by atoms with Gasteiger partial charge in [-0.2, -0.15) is 4.98 Å². The van der Waals surface area contributed by atoms with Crippen molar-refractivity contribution >= 4 is 0 Å². The Morgan fingerprint density at radius 1 is 1.21 bits per heavy atom. The number of hydrogen-bond donors (Lipinski definition) is 1. The van der Waals surface area contributed by atoms with Crippen molar-refractivity contribution in [1.82, 2.24) is 9.97 Å². The van der Waals surface area contributed by atoms with Crippen molar-refractivity contribution in [2.45, 2.75) is 6.92 Å². The average Bonchev–Trinajstić information content (AvgIpc) is 2.61. The summed E-state index contributed by atoms with van der Waals surface area (Å²) in [5, 5.41) is 0. The zero-order valence-electron chi connectivity index (χ0n) is 8.24. The molecule has 0 spiro atoms. The van der Waals surface area contributed by atoms with Crippen LogP contribution >= 0.6 is 0 Å². The van der Waals surface area contributed by atoms with Gasteiger partial charge in [-0.1, -0.05) is 30.3 Å². The van der Waals surface area contributed by atoms with Crippen LogP contribution in [0.2, 0.25) is 0 Å². The molecule has 2 rings (SSSR count). The number of nitrogens with zero attached hydrogens (tertiary/aromatic N) is 1. The molecule has 3 nitrogen and oxygen atoms in total. The number of benzene rings is 1. The van der Waals surface area contributed by atoms with Gasteiger partial charge in [0.05, 0.1) is 7.11 Å². The van der Waals surface area contributed by atoms with E-state index in [1.165, 1.54) is 0 Å². The van der Waals surface area contributed by atoms with E-state index >= 15 is 0 Å². The van der Waals surface area contributed by atoms with E-state index in [9.17, 15) is 0 Å². The van der Waals surface area contributed by atoms with Crippen LogP contribution in [0.4, 0.5) is 0 Å². The first-order chi connectivity index (χ1) is 6.81. The molecule has 0 aliphatic heterocycles. The monoisotopic (exact) mass is 188 g/mol. The maximum atomic E-state index is 5.18. The third-order valence-corrected chi connectivity index (χ3v) is 2.04. The molecule has 14 heavy (non-hydrogen) atoms. The van der Waals surface area contributed by atoms with Crippen molar-refractivity contribution in [3.8, 4) is 17.1 Å². The van der Waals surface area contributed by atoms with Crippen LogP contribution in [0.25, 0.3) is 11.3 Å². The van der Waals surface area contributed by atoms with Gasteiger partial charge in [-0.25, -0.2) is 0 Å². The Labute approximate surface area is 82.8 Å². The summed E-state index contributed by atoms with van der Waals surface area (Å²) < 4.78 is 5.18. The highest BCUT2D eigenvalue weighted by Crippen LogP contribution is 2.26. The molecule has 0 bridgehead atoms. The molecular formula is C11H12N2O. The summed E-state index contributed by atoms with van der Waals surface area (Å²) in [7, 11) is 1.63. The summed E-state index contributed by atoms with van der Waals surface area (Å²) in [5.74, 6) is 1.51. The molecule has 1 heterocycles. The standard InChI is InChI=1S/C11H12N2O/c1-8-12-10(11(13-8)14-2)9-6-4-3-5-7-9/h3-7H,1-2H3,(H,12,13). The van der Waals surface area contributed by atoms with Gasteiger partial charge in [0.25, 0.3) is 0 Å². The van der Waals surface area contributed by atoms with Crippen molar-refractivity contribution in [3.05, 3.63) is 36.2 Å². The van der Waals surface area contributed by atoms with Gasteiger partial charge in [-0.3, -0.25) is 0 Å². The molecule has 72 valence electrons. The lowest BCUT2D eigenvalue weighted by molar-refractivity contribution is 0.401. The topological polar surface area (TPSA) is 37.9 Å². The Hall–Kier alpha value is -1.77. The number of methoxy groups -OCH3 is 1. The SMILES string of the molecule is COc1nc(C)[nH]c1-c1ccccc1. The molecule has 2 aromatic rings. The minimum Gasteiger partial charge on any atom is -0.479 e. The van der Waals surface area contributed by atoms with Gasteiger partial charge in [0.2, 0.25) is 5.88 Å². The summed E-state index contributed by atoms with van der Waals surface area (Å²) in [6, 6.07) is 10.0. The molecule has 0 amide bonds. The lowest BCUT2D eigenvalue weighted by Gasteiger charge is -1.99. The second-order valence-corrected chi connectivity index (χ2v) is 3.07. The van der Waals surface area contributed by atoms with E-state index in [1.54, 1.807) is 7.11 Å². The van der Waals surface area contributed by atoms with E-state index in [1.807, 2.05) is 37.3 Å². The second-order valence-electron chi connectivity index (χ2n) is 3.07. The first-order valence-electron chi connectivity index (χ1n) is 4.47. The van der Waals surface area contributed by atoms with Gasteiger partial charge in [-0.05, 0) is 6.92 Å².